The monoisotopic (exact) mass is 667 g/mol. The summed E-state index contributed by atoms with van der Waals surface area (Å²) in [4.78, 5) is 2.43. The summed E-state index contributed by atoms with van der Waals surface area (Å²) in [6.07, 6.45) is 0. The normalized spacial score (nSPS) is 13.1. The van der Waals surface area contributed by atoms with Gasteiger partial charge in [0.1, 0.15) is 11.2 Å². The Hall–Kier alpha value is -6.38. The molecule has 10 rings (SSSR count). The van der Waals surface area contributed by atoms with Crippen LogP contribution in [0.2, 0.25) is 0 Å². The molecule has 2 heteroatoms. The van der Waals surface area contributed by atoms with Gasteiger partial charge in [-0.25, -0.2) is 0 Å². The van der Waals surface area contributed by atoms with Crippen LogP contribution in [0.1, 0.15) is 30.5 Å². The van der Waals surface area contributed by atoms with Crippen LogP contribution in [0.5, 0.6) is 0 Å². The molecule has 0 atom stereocenters. The third-order valence-electron chi connectivity index (χ3n) is 11.2. The van der Waals surface area contributed by atoms with Gasteiger partial charge in [-0.2, -0.15) is 0 Å². The van der Waals surface area contributed by atoms with E-state index in [2.05, 4.69) is 189 Å². The summed E-state index contributed by atoms with van der Waals surface area (Å²) >= 11 is 0. The summed E-state index contributed by atoms with van der Waals surface area (Å²) in [6, 6.07) is 61.9. The summed E-state index contributed by atoms with van der Waals surface area (Å²) in [5.74, 6) is 0. The van der Waals surface area contributed by atoms with Gasteiger partial charge in [0, 0.05) is 39.2 Å². The molecule has 1 heterocycles. The largest absolute Gasteiger partial charge is 0.456 e. The number of hydrogen-bond donors (Lipinski definition) is 0. The molecule has 2 nitrogen and oxygen atoms in total. The van der Waals surface area contributed by atoms with Gasteiger partial charge >= 0.3 is 0 Å². The molecule has 0 radical (unpaired) electrons. The fraction of sp³-hybridized carbons (Fsp3) is 0.0800. The second-order valence-electron chi connectivity index (χ2n) is 14.6. The summed E-state index contributed by atoms with van der Waals surface area (Å²) in [7, 11) is 0. The quantitative estimate of drug-likeness (QED) is 0.182. The SMILES string of the molecule is Cc1ccccc1-c1cc(-c2cccc3ccccc23)ccc1N(c1ccc2c(c1)C(C)(C)c1ccccc1-2)c1ccc2c(c1)oc1ccccc12. The van der Waals surface area contributed by atoms with E-state index >= 15 is 0 Å². The van der Waals surface area contributed by atoms with Crippen LogP contribution in [0.4, 0.5) is 17.1 Å². The first-order valence-electron chi connectivity index (χ1n) is 18.1. The zero-order chi connectivity index (χ0) is 35.0. The maximum absolute atomic E-state index is 6.49. The standard InChI is InChI=1S/C50H37NO/c1-32-13-4-6-16-37(32)44-29-34(39-20-12-15-33-14-5-7-17-38(33)39)23-28-47(44)51(36-25-27-43-42-19-9-11-22-48(42)52-49(43)31-36)35-24-26-41-40-18-8-10-21-45(40)50(2,3)46(41)30-35/h4-31H,1-3H3. The number of nitrogens with zero attached hydrogens (tertiary/aromatic N) is 1. The highest BCUT2D eigenvalue weighted by Crippen LogP contribution is 2.52. The molecule has 248 valence electrons. The molecule has 0 N–H and O–H groups in total. The molecule has 0 aliphatic heterocycles. The van der Waals surface area contributed by atoms with E-state index in [-0.39, 0.29) is 5.41 Å². The lowest BCUT2D eigenvalue weighted by molar-refractivity contribution is 0.660. The summed E-state index contributed by atoms with van der Waals surface area (Å²) in [5.41, 5.74) is 16.3. The van der Waals surface area contributed by atoms with Crippen molar-refractivity contribution in [1.82, 2.24) is 0 Å². The average molecular weight is 668 g/mol. The number of hydrogen-bond acceptors (Lipinski definition) is 2. The fourth-order valence-electron chi connectivity index (χ4n) is 8.58. The topological polar surface area (TPSA) is 16.4 Å². The lowest BCUT2D eigenvalue weighted by atomic mass is 9.82. The van der Waals surface area contributed by atoms with Crippen LogP contribution in [0.25, 0.3) is 66.1 Å². The van der Waals surface area contributed by atoms with Gasteiger partial charge in [-0.15, -0.1) is 0 Å². The molecule has 0 saturated carbocycles. The molecule has 0 spiro atoms. The molecule has 0 fully saturated rings. The van der Waals surface area contributed by atoms with Crippen molar-refractivity contribution in [3.63, 3.8) is 0 Å². The van der Waals surface area contributed by atoms with E-state index < -0.39 is 0 Å². The van der Waals surface area contributed by atoms with Crippen LogP contribution in [0.15, 0.2) is 174 Å². The molecule has 1 aromatic heterocycles. The first-order valence-corrected chi connectivity index (χ1v) is 18.1. The lowest BCUT2D eigenvalue weighted by Gasteiger charge is -2.30. The van der Waals surface area contributed by atoms with Crippen molar-refractivity contribution < 1.29 is 4.42 Å². The van der Waals surface area contributed by atoms with Crippen molar-refractivity contribution >= 4 is 49.8 Å². The Kier molecular flexibility index (Phi) is 6.78. The Morgan fingerprint density at radius 1 is 0.442 bits per heavy atom. The second kappa shape index (κ2) is 11.6. The summed E-state index contributed by atoms with van der Waals surface area (Å²) < 4.78 is 6.49. The lowest BCUT2D eigenvalue weighted by Crippen LogP contribution is -2.17. The molecule has 52 heavy (non-hydrogen) atoms. The third-order valence-corrected chi connectivity index (χ3v) is 11.2. The summed E-state index contributed by atoms with van der Waals surface area (Å²) in [5, 5.41) is 4.74. The minimum Gasteiger partial charge on any atom is -0.456 e. The van der Waals surface area contributed by atoms with Gasteiger partial charge in [0.25, 0.3) is 0 Å². The number of fused-ring (bicyclic) bond motifs is 7. The van der Waals surface area contributed by atoms with Gasteiger partial charge in [0.2, 0.25) is 0 Å². The van der Waals surface area contributed by atoms with Crippen molar-refractivity contribution in [3.05, 3.63) is 187 Å². The molecule has 0 amide bonds. The van der Waals surface area contributed by atoms with Gasteiger partial charge in [0.05, 0.1) is 5.69 Å². The van der Waals surface area contributed by atoms with E-state index in [0.29, 0.717) is 0 Å². The van der Waals surface area contributed by atoms with E-state index in [9.17, 15) is 0 Å². The van der Waals surface area contributed by atoms with Gasteiger partial charge < -0.3 is 9.32 Å². The van der Waals surface area contributed by atoms with Crippen molar-refractivity contribution in [2.75, 3.05) is 4.90 Å². The minimum absolute atomic E-state index is 0.132. The van der Waals surface area contributed by atoms with E-state index in [1.165, 1.54) is 60.8 Å². The Morgan fingerprint density at radius 3 is 1.98 bits per heavy atom. The minimum atomic E-state index is -0.132. The number of furan rings is 1. The molecular formula is C50H37NO. The van der Waals surface area contributed by atoms with Crippen molar-refractivity contribution in [3.8, 4) is 33.4 Å². The maximum atomic E-state index is 6.49. The second-order valence-corrected chi connectivity index (χ2v) is 14.6. The van der Waals surface area contributed by atoms with Crippen LogP contribution in [-0.4, -0.2) is 0 Å². The molecule has 1 aliphatic rings. The van der Waals surface area contributed by atoms with E-state index in [1.54, 1.807) is 0 Å². The number of aryl methyl sites for hydroxylation is 1. The Bertz CT molecular complexity index is 2850. The fourth-order valence-corrected chi connectivity index (χ4v) is 8.58. The number of benzene rings is 8. The van der Waals surface area contributed by atoms with Gasteiger partial charge in [-0.05, 0) is 105 Å². The van der Waals surface area contributed by atoms with Crippen LogP contribution in [0, 0.1) is 6.92 Å². The van der Waals surface area contributed by atoms with Gasteiger partial charge in [-0.3, -0.25) is 0 Å². The Morgan fingerprint density at radius 2 is 1.10 bits per heavy atom. The smallest absolute Gasteiger partial charge is 0.137 e. The van der Waals surface area contributed by atoms with Crippen LogP contribution in [-0.2, 0) is 5.41 Å². The molecule has 1 aliphatic carbocycles. The molecule has 8 aromatic carbocycles. The number of rotatable bonds is 5. The molecule has 0 bridgehead atoms. The third kappa shape index (κ3) is 4.64. The van der Waals surface area contributed by atoms with Gasteiger partial charge in [-0.1, -0.05) is 135 Å². The molecule has 9 aromatic rings. The first-order chi connectivity index (χ1) is 25.5. The molecule has 0 unspecified atom stereocenters. The number of anilines is 3. The van der Waals surface area contributed by atoms with Crippen LogP contribution in [0.3, 0.4) is 0 Å². The molecular weight excluding hydrogens is 631 g/mol. The van der Waals surface area contributed by atoms with Crippen molar-refractivity contribution in [2.24, 2.45) is 0 Å². The highest BCUT2D eigenvalue weighted by molar-refractivity contribution is 6.07. The van der Waals surface area contributed by atoms with Crippen molar-refractivity contribution in [2.45, 2.75) is 26.2 Å². The summed E-state index contributed by atoms with van der Waals surface area (Å²) in [6.45, 7) is 6.91. The highest BCUT2D eigenvalue weighted by atomic mass is 16.3. The zero-order valence-corrected chi connectivity index (χ0v) is 29.5. The first kappa shape index (κ1) is 30.4. The molecule has 0 saturated heterocycles. The van der Waals surface area contributed by atoms with E-state index in [1.807, 2.05) is 6.07 Å². The van der Waals surface area contributed by atoms with E-state index in [0.717, 1.165) is 39.0 Å². The Balaban J connectivity index is 1.24. The van der Waals surface area contributed by atoms with Gasteiger partial charge in [0.15, 0.2) is 0 Å². The Labute approximate surface area is 304 Å². The maximum Gasteiger partial charge on any atom is 0.137 e. The zero-order valence-electron chi connectivity index (χ0n) is 29.5. The van der Waals surface area contributed by atoms with Crippen LogP contribution < -0.4 is 4.90 Å². The predicted octanol–water partition coefficient (Wildman–Crippen LogP) is 14.2. The van der Waals surface area contributed by atoms with Crippen LogP contribution >= 0.6 is 0 Å². The average Bonchev–Trinajstić information content (AvgIpc) is 3.66. The highest BCUT2D eigenvalue weighted by Gasteiger charge is 2.36. The van der Waals surface area contributed by atoms with E-state index in [4.69, 9.17) is 4.42 Å². The number of para-hydroxylation sites is 1. The van der Waals surface area contributed by atoms with Crippen molar-refractivity contribution in [1.29, 1.82) is 0 Å². The predicted molar refractivity (Wildman–Crippen MR) is 219 cm³/mol.